The first-order valence-electron chi connectivity index (χ1n) is 9.63. The Kier molecular flexibility index (Phi) is 8.63. The van der Waals surface area contributed by atoms with Crippen molar-refractivity contribution >= 4 is 11.9 Å². The van der Waals surface area contributed by atoms with Crippen molar-refractivity contribution in [3.63, 3.8) is 0 Å². The summed E-state index contributed by atoms with van der Waals surface area (Å²) < 4.78 is 16.4. The monoisotopic (exact) mass is 363 g/mol. The normalized spacial score (nSPS) is 28.6. The molecule has 0 aromatic heterocycles. The molecule has 2 aliphatic rings. The number of ether oxygens (including phenoxy) is 3. The summed E-state index contributed by atoms with van der Waals surface area (Å²) in [5.41, 5.74) is 0. The molecule has 0 unspecified atom stereocenters. The van der Waals surface area contributed by atoms with E-state index in [2.05, 4.69) is 12.6 Å². The highest BCUT2D eigenvalue weighted by Crippen LogP contribution is 2.30. The smallest absolute Gasteiger partial charge is 0.330 e. The first kappa shape index (κ1) is 20.4. The van der Waals surface area contributed by atoms with Crippen LogP contribution in [0.25, 0.3) is 0 Å². The summed E-state index contributed by atoms with van der Waals surface area (Å²) in [5.74, 6) is -0.403. The van der Waals surface area contributed by atoms with Crippen molar-refractivity contribution in [2.24, 2.45) is 11.8 Å². The van der Waals surface area contributed by atoms with Crippen molar-refractivity contribution in [1.82, 2.24) is 0 Å². The fraction of sp³-hybridized carbons (Fsp3) is 0.750. The summed E-state index contributed by atoms with van der Waals surface area (Å²) in [6.45, 7) is 4.22. The average molecular weight is 363 g/mol. The van der Waals surface area contributed by atoms with Crippen LogP contribution in [0, 0.1) is 23.2 Å². The van der Waals surface area contributed by atoms with Crippen LogP contribution >= 0.6 is 0 Å². The molecule has 0 heterocycles. The molecule has 0 aromatic rings. The Morgan fingerprint density at radius 1 is 1.00 bits per heavy atom. The van der Waals surface area contributed by atoms with Gasteiger partial charge in [-0.25, -0.2) is 4.79 Å². The molecule has 6 heteroatoms. The number of carbonyl (C=O) groups excluding carboxylic acids is 2. The number of rotatable bonds is 8. The number of nitrogens with zero attached hydrogens (tertiary/aromatic N) is 1. The van der Waals surface area contributed by atoms with Crippen LogP contribution in [0.1, 0.15) is 57.8 Å². The second kappa shape index (κ2) is 11.0. The molecule has 2 fully saturated rings. The zero-order valence-corrected chi connectivity index (χ0v) is 15.4. The third kappa shape index (κ3) is 6.80. The van der Waals surface area contributed by atoms with E-state index in [0.29, 0.717) is 19.6 Å². The van der Waals surface area contributed by atoms with Crippen LogP contribution in [-0.2, 0) is 23.8 Å². The molecule has 0 spiro atoms. The molecule has 6 nitrogen and oxygen atoms in total. The predicted octanol–water partition coefficient (Wildman–Crippen LogP) is 3.31. The quantitative estimate of drug-likeness (QED) is 0.374. The van der Waals surface area contributed by atoms with Gasteiger partial charge >= 0.3 is 11.9 Å². The minimum Gasteiger partial charge on any atom is -0.462 e. The minimum atomic E-state index is -0.412. The van der Waals surface area contributed by atoms with Gasteiger partial charge in [0.05, 0.1) is 31.3 Å². The van der Waals surface area contributed by atoms with E-state index in [0.717, 1.165) is 57.4 Å². The van der Waals surface area contributed by atoms with E-state index in [1.165, 1.54) is 0 Å². The van der Waals surface area contributed by atoms with Crippen LogP contribution in [0.5, 0.6) is 0 Å². The zero-order chi connectivity index (χ0) is 18.8. The van der Waals surface area contributed by atoms with E-state index in [-0.39, 0.29) is 30.0 Å². The standard InChI is InChI=1S/C20H29NO5/c1-2-19(22)25-13-3-12-24-17-10-6-16(7-11-17)20(23)26-18-8-4-15(14-21)5-9-18/h2,15-18H,1,3-13H2. The van der Waals surface area contributed by atoms with Gasteiger partial charge in [-0.3, -0.25) is 4.79 Å². The van der Waals surface area contributed by atoms with Crippen LogP contribution in [0.15, 0.2) is 12.7 Å². The second-order valence-electron chi connectivity index (χ2n) is 7.11. The lowest BCUT2D eigenvalue weighted by atomic mass is 9.86. The van der Waals surface area contributed by atoms with Gasteiger partial charge in [0.25, 0.3) is 0 Å². The molecule has 0 aromatic carbocycles. The van der Waals surface area contributed by atoms with Gasteiger partial charge in [0.15, 0.2) is 0 Å². The lowest BCUT2D eigenvalue weighted by Crippen LogP contribution is -2.31. The maximum atomic E-state index is 12.3. The molecule has 0 atom stereocenters. The first-order valence-corrected chi connectivity index (χ1v) is 9.63. The van der Waals surface area contributed by atoms with Crippen molar-refractivity contribution in [2.75, 3.05) is 13.2 Å². The molecule has 0 radical (unpaired) electrons. The second-order valence-corrected chi connectivity index (χ2v) is 7.11. The predicted molar refractivity (Wildman–Crippen MR) is 94.9 cm³/mol. The summed E-state index contributed by atoms with van der Waals surface area (Å²) in [6, 6.07) is 2.30. The molecular weight excluding hydrogens is 334 g/mol. The highest BCUT2D eigenvalue weighted by Gasteiger charge is 2.30. The highest BCUT2D eigenvalue weighted by atomic mass is 16.5. The SMILES string of the molecule is C=CC(=O)OCCCOC1CCC(C(=O)OC2CCC(C#N)CC2)CC1. The largest absolute Gasteiger partial charge is 0.462 e. The minimum absolute atomic E-state index is 0.0145. The third-order valence-corrected chi connectivity index (χ3v) is 5.20. The molecule has 2 rings (SSSR count). The van der Waals surface area contributed by atoms with Gasteiger partial charge in [-0.2, -0.15) is 5.26 Å². The van der Waals surface area contributed by atoms with E-state index in [1.54, 1.807) is 0 Å². The van der Waals surface area contributed by atoms with Crippen molar-refractivity contribution in [2.45, 2.75) is 70.0 Å². The fourth-order valence-corrected chi connectivity index (χ4v) is 3.58. The number of hydrogen-bond acceptors (Lipinski definition) is 6. The van der Waals surface area contributed by atoms with Gasteiger partial charge in [0, 0.05) is 18.4 Å². The molecule has 0 bridgehead atoms. The van der Waals surface area contributed by atoms with Gasteiger partial charge in [0.1, 0.15) is 6.10 Å². The topological polar surface area (TPSA) is 85.6 Å². The van der Waals surface area contributed by atoms with Gasteiger partial charge in [-0.15, -0.1) is 0 Å². The Bertz CT molecular complexity index is 511. The van der Waals surface area contributed by atoms with E-state index in [9.17, 15) is 9.59 Å². The molecule has 26 heavy (non-hydrogen) atoms. The molecule has 0 amide bonds. The van der Waals surface area contributed by atoms with Crippen molar-refractivity contribution in [3.05, 3.63) is 12.7 Å². The van der Waals surface area contributed by atoms with Crippen molar-refractivity contribution < 1.29 is 23.8 Å². The Hall–Kier alpha value is -1.87. The van der Waals surface area contributed by atoms with Crippen LogP contribution in [-0.4, -0.2) is 37.4 Å². The Labute approximate surface area is 155 Å². The van der Waals surface area contributed by atoms with E-state index in [4.69, 9.17) is 19.5 Å². The van der Waals surface area contributed by atoms with Crippen molar-refractivity contribution in [1.29, 1.82) is 5.26 Å². The molecular formula is C20H29NO5. The summed E-state index contributed by atoms with van der Waals surface area (Å²) in [4.78, 5) is 23.2. The Balaban J connectivity index is 1.56. The maximum Gasteiger partial charge on any atom is 0.330 e. The van der Waals surface area contributed by atoms with Crippen LogP contribution in [0.3, 0.4) is 0 Å². The van der Waals surface area contributed by atoms with Crippen LogP contribution < -0.4 is 0 Å². The summed E-state index contributed by atoms with van der Waals surface area (Å²) in [5, 5.41) is 8.92. The van der Waals surface area contributed by atoms with E-state index in [1.807, 2.05) is 0 Å². The third-order valence-electron chi connectivity index (χ3n) is 5.20. The molecule has 2 saturated carbocycles. The van der Waals surface area contributed by atoms with Gasteiger partial charge < -0.3 is 14.2 Å². The average Bonchev–Trinajstić information content (AvgIpc) is 2.68. The van der Waals surface area contributed by atoms with Gasteiger partial charge in [0.2, 0.25) is 0 Å². The van der Waals surface area contributed by atoms with E-state index >= 15 is 0 Å². The van der Waals surface area contributed by atoms with Gasteiger partial charge in [-0.1, -0.05) is 6.58 Å². The molecule has 144 valence electrons. The first-order chi connectivity index (χ1) is 12.6. The summed E-state index contributed by atoms with van der Waals surface area (Å²) >= 11 is 0. The van der Waals surface area contributed by atoms with Crippen LogP contribution in [0.2, 0.25) is 0 Å². The van der Waals surface area contributed by atoms with E-state index < -0.39 is 5.97 Å². The highest BCUT2D eigenvalue weighted by molar-refractivity contribution is 5.81. The molecule has 2 aliphatic carbocycles. The fourth-order valence-electron chi connectivity index (χ4n) is 3.58. The summed E-state index contributed by atoms with van der Waals surface area (Å²) in [6.07, 6.45) is 8.53. The lowest BCUT2D eigenvalue weighted by molar-refractivity contribution is -0.158. The number of carbonyl (C=O) groups is 2. The van der Waals surface area contributed by atoms with Crippen molar-refractivity contribution in [3.8, 4) is 6.07 Å². The Morgan fingerprint density at radius 2 is 1.65 bits per heavy atom. The maximum absolute atomic E-state index is 12.3. The number of esters is 2. The zero-order valence-electron chi connectivity index (χ0n) is 15.4. The molecule has 0 saturated heterocycles. The number of nitriles is 1. The lowest BCUT2D eigenvalue weighted by Gasteiger charge is -2.30. The molecule has 0 aliphatic heterocycles. The Morgan fingerprint density at radius 3 is 2.27 bits per heavy atom. The van der Waals surface area contributed by atoms with Gasteiger partial charge in [-0.05, 0) is 51.4 Å². The summed E-state index contributed by atoms with van der Waals surface area (Å²) in [7, 11) is 0. The van der Waals surface area contributed by atoms with Crippen LogP contribution in [0.4, 0.5) is 0 Å². The molecule has 0 N–H and O–H groups in total. The number of hydrogen-bond donors (Lipinski definition) is 0.